The largest absolute Gasteiger partial charge is 0.508 e. The highest BCUT2D eigenvalue weighted by molar-refractivity contribution is 6.21. The lowest BCUT2D eigenvalue weighted by Gasteiger charge is -1.82. The maximum atomic E-state index is 8.63. The van der Waals surface area contributed by atoms with Crippen LogP contribution in [0.4, 0.5) is 0 Å². The lowest BCUT2D eigenvalue weighted by Crippen LogP contribution is -1.69. The van der Waals surface area contributed by atoms with E-state index in [4.69, 9.17) is 16.7 Å². The number of alkyl halides is 1. The van der Waals surface area contributed by atoms with Gasteiger partial charge in [0, 0.05) is 0 Å². The third kappa shape index (κ3) is 3.60. The van der Waals surface area contributed by atoms with Crippen molar-refractivity contribution in [2.75, 3.05) is 0 Å². The van der Waals surface area contributed by atoms with Gasteiger partial charge in [-0.25, -0.2) is 0 Å². The number of hydrogen-bond donors (Lipinski definition) is 1. The van der Waals surface area contributed by atoms with Gasteiger partial charge in [-0.05, 0) is 19.1 Å². The Morgan fingerprint density at radius 3 is 1.92 bits per heavy atom. The second-order valence-electron chi connectivity index (χ2n) is 2.53. The molecule has 1 aliphatic heterocycles. The zero-order valence-electron chi connectivity index (χ0n) is 6.77. The van der Waals surface area contributed by atoms with E-state index in [-0.39, 0.29) is 5.56 Å². The Morgan fingerprint density at radius 1 is 1.33 bits per heavy atom. The van der Waals surface area contributed by atoms with Gasteiger partial charge in [-0.15, -0.1) is 0 Å². The molecule has 66 valence electrons. The average molecular weight is 187 g/mol. The SMILES string of the molecule is CC1OC1Cl.Oc1ccccc1. The quantitative estimate of drug-likeness (QED) is 0.499. The number of para-hydroxylation sites is 1. The van der Waals surface area contributed by atoms with Gasteiger partial charge >= 0.3 is 0 Å². The third-order valence-electron chi connectivity index (χ3n) is 1.39. The summed E-state index contributed by atoms with van der Waals surface area (Å²) >= 11 is 5.31. The van der Waals surface area contributed by atoms with Crippen molar-refractivity contribution in [2.24, 2.45) is 0 Å². The fourth-order valence-electron chi connectivity index (χ4n) is 0.588. The molecule has 3 heteroatoms. The van der Waals surface area contributed by atoms with Crippen molar-refractivity contribution in [3.8, 4) is 5.75 Å². The van der Waals surface area contributed by atoms with Gasteiger partial charge in [0.05, 0.1) is 6.10 Å². The molecular weight excluding hydrogens is 176 g/mol. The van der Waals surface area contributed by atoms with E-state index in [0.29, 0.717) is 11.9 Å². The summed E-state index contributed by atoms with van der Waals surface area (Å²) in [5, 5.41) is 8.63. The minimum absolute atomic E-state index is 0.0231. The molecule has 1 heterocycles. The molecule has 0 amide bonds. The minimum atomic E-state index is 0.0231. The highest BCUT2D eigenvalue weighted by atomic mass is 35.5. The summed E-state index contributed by atoms with van der Waals surface area (Å²) in [4.78, 5) is 0. The van der Waals surface area contributed by atoms with Crippen molar-refractivity contribution in [3.05, 3.63) is 30.3 Å². The predicted molar refractivity (Wildman–Crippen MR) is 48.3 cm³/mol. The van der Waals surface area contributed by atoms with Crippen LogP contribution in [0, 0.1) is 0 Å². The van der Waals surface area contributed by atoms with Crippen molar-refractivity contribution in [1.82, 2.24) is 0 Å². The van der Waals surface area contributed by atoms with Gasteiger partial charge in [0.15, 0.2) is 5.56 Å². The van der Waals surface area contributed by atoms with Crippen molar-refractivity contribution >= 4 is 11.6 Å². The monoisotopic (exact) mass is 186 g/mol. The lowest BCUT2D eigenvalue weighted by atomic mass is 10.3. The molecule has 0 radical (unpaired) electrons. The van der Waals surface area contributed by atoms with E-state index in [0.717, 1.165) is 0 Å². The van der Waals surface area contributed by atoms with Gasteiger partial charge in [-0.2, -0.15) is 0 Å². The lowest BCUT2D eigenvalue weighted by molar-refractivity contribution is 0.411. The van der Waals surface area contributed by atoms with E-state index < -0.39 is 0 Å². The number of hydrogen-bond acceptors (Lipinski definition) is 2. The van der Waals surface area contributed by atoms with Crippen LogP contribution in [0.3, 0.4) is 0 Å². The fraction of sp³-hybridized carbons (Fsp3) is 0.333. The molecule has 1 fully saturated rings. The van der Waals surface area contributed by atoms with Crippen LogP contribution in [-0.4, -0.2) is 16.8 Å². The van der Waals surface area contributed by atoms with Crippen LogP contribution in [0.5, 0.6) is 5.75 Å². The summed E-state index contributed by atoms with van der Waals surface area (Å²) in [6, 6.07) is 8.71. The van der Waals surface area contributed by atoms with Crippen molar-refractivity contribution in [2.45, 2.75) is 18.6 Å². The van der Waals surface area contributed by atoms with Crippen LogP contribution >= 0.6 is 11.6 Å². The van der Waals surface area contributed by atoms with E-state index in [1.54, 1.807) is 24.3 Å². The maximum absolute atomic E-state index is 8.63. The summed E-state index contributed by atoms with van der Waals surface area (Å²) < 4.78 is 4.68. The van der Waals surface area contributed by atoms with E-state index >= 15 is 0 Å². The van der Waals surface area contributed by atoms with Gasteiger partial charge in [0.25, 0.3) is 0 Å². The molecule has 0 spiro atoms. The fourth-order valence-corrected chi connectivity index (χ4v) is 0.750. The molecular formula is C9H11ClO2. The Kier molecular flexibility index (Phi) is 3.38. The number of benzene rings is 1. The van der Waals surface area contributed by atoms with Crippen LogP contribution in [0.1, 0.15) is 6.92 Å². The second-order valence-corrected chi connectivity index (χ2v) is 2.96. The zero-order chi connectivity index (χ0) is 8.97. The topological polar surface area (TPSA) is 32.8 Å². The second kappa shape index (κ2) is 4.33. The third-order valence-corrected chi connectivity index (χ3v) is 1.85. The summed E-state index contributed by atoms with van der Waals surface area (Å²) in [6.07, 6.45) is 0.316. The van der Waals surface area contributed by atoms with Crippen molar-refractivity contribution < 1.29 is 9.84 Å². The number of aromatic hydroxyl groups is 1. The first-order valence-corrected chi connectivity index (χ1v) is 4.17. The van der Waals surface area contributed by atoms with Crippen LogP contribution in [0.2, 0.25) is 0 Å². The molecule has 0 saturated carbocycles. The van der Waals surface area contributed by atoms with E-state index in [1.807, 2.05) is 13.0 Å². The summed E-state index contributed by atoms with van der Waals surface area (Å²) in [5.74, 6) is 0.322. The van der Waals surface area contributed by atoms with Crippen LogP contribution < -0.4 is 0 Å². The van der Waals surface area contributed by atoms with Crippen LogP contribution in [0.25, 0.3) is 0 Å². The van der Waals surface area contributed by atoms with Crippen molar-refractivity contribution in [3.63, 3.8) is 0 Å². The van der Waals surface area contributed by atoms with Crippen LogP contribution in [0.15, 0.2) is 30.3 Å². The van der Waals surface area contributed by atoms with E-state index in [9.17, 15) is 0 Å². The maximum Gasteiger partial charge on any atom is 0.157 e. The molecule has 2 rings (SSSR count). The normalized spacial score (nSPS) is 25.5. The van der Waals surface area contributed by atoms with E-state index in [2.05, 4.69) is 4.74 Å². The number of ether oxygens (including phenoxy) is 1. The minimum Gasteiger partial charge on any atom is -0.508 e. The molecule has 12 heavy (non-hydrogen) atoms. The molecule has 0 aromatic heterocycles. The predicted octanol–water partition coefficient (Wildman–Crippen LogP) is 2.36. The molecule has 1 N–H and O–H groups in total. The van der Waals surface area contributed by atoms with Gasteiger partial charge < -0.3 is 9.84 Å². The number of rotatable bonds is 0. The molecule has 0 aliphatic carbocycles. The number of phenols is 1. The smallest absolute Gasteiger partial charge is 0.157 e. The zero-order valence-corrected chi connectivity index (χ0v) is 7.53. The Balaban J connectivity index is 0.000000127. The summed E-state index contributed by atoms with van der Waals surface area (Å²) in [5.41, 5.74) is 0.0231. The molecule has 2 atom stereocenters. The Labute approximate surface area is 76.7 Å². The Hall–Kier alpha value is -0.730. The molecule has 0 bridgehead atoms. The standard InChI is InChI=1S/C6H6O.C3H5ClO/c7-6-4-2-1-3-5-6;1-2-3(4)5-2/h1-5,7H;2-3H,1H3. The highest BCUT2D eigenvalue weighted by Gasteiger charge is 2.30. The average Bonchev–Trinajstić information content (AvgIpc) is 2.67. The van der Waals surface area contributed by atoms with Gasteiger partial charge in [0.1, 0.15) is 5.75 Å². The molecule has 1 aliphatic rings. The Bertz CT molecular complexity index is 219. The number of epoxide rings is 1. The summed E-state index contributed by atoms with van der Waals surface area (Å²) in [7, 11) is 0. The van der Waals surface area contributed by atoms with Gasteiger partial charge in [0.2, 0.25) is 0 Å². The van der Waals surface area contributed by atoms with Crippen molar-refractivity contribution in [1.29, 1.82) is 0 Å². The molecule has 2 nitrogen and oxygen atoms in total. The first-order valence-electron chi connectivity index (χ1n) is 3.73. The van der Waals surface area contributed by atoms with Gasteiger partial charge in [-0.3, -0.25) is 0 Å². The molecule has 1 aromatic carbocycles. The molecule has 1 saturated heterocycles. The first-order chi connectivity index (χ1) is 5.70. The number of halogens is 1. The molecule has 1 aromatic rings. The van der Waals surface area contributed by atoms with Gasteiger partial charge in [-0.1, -0.05) is 29.8 Å². The number of phenolic OH excluding ortho intramolecular Hbond substituents is 1. The summed E-state index contributed by atoms with van der Waals surface area (Å²) in [6.45, 7) is 1.94. The first kappa shape index (κ1) is 9.36. The van der Waals surface area contributed by atoms with Crippen LogP contribution in [-0.2, 0) is 4.74 Å². The van der Waals surface area contributed by atoms with E-state index in [1.165, 1.54) is 0 Å². The Morgan fingerprint density at radius 2 is 1.75 bits per heavy atom. The molecule has 2 unspecified atom stereocenters. The highest BCUT2D eigenvalue weighted by Crippen LogP contribution is 2.23.